The average molecular weight is 491 g/mol. The van der Waals surface area contributed by atoms with E-state index >= 15 is 0 Å². The van der Waals surface area contributed by atoms with Crippen molar-refractivity contribution >= 4 is 40.7 Å². The van der Waals surface area contributed by atoms with Crippen molar-refractivity contribution in [1.82, 2.24) is 14.9 Å². The first-order valence-electron chi connectivity index (χ1n) is 10.7. The van der Waals surface area contributed by atoms with E-state index in [1.54, 1.807) is 41.6 Å². The van der Waals surface area contributed by atoms with Gasteiger partial charge in [-0.15, -0.1) is 0 Å². The van der Waals surface area contributed by atoms with E-state index in [9.17, 15) is 9.59 Å². The highest BCUT2D eigenvalue weighted by Crippen LogP contribution is 2.31. The van der Waals surface area contributed by atoms with Crippen LogP contribution >= 0.6 is 23.2 Å². The third kappa shape index (κ3) is 4.30. The molecule has 1 aliphatic heterocycles. The molecule has 0 bridgehead atoms. The maximum atomic E-state index is 13.5. The number of halogens is 2. The van der Waals surface area contributed by atoms with E-state index in [-0.39, 0.29) is 11.8 Å². The van der Waals surface area contributed by atoms with Gasteiger partial charge < -0.3 is 14.8 Å². The highest BCUT2D eigenvalue weighted by molar-refractivity contribution is 6.42. The van der Waals surface area contributed by atoms with Gasteiger partial charge in [0.2, 0.25) is 0 Å². The molecule has 2 aromatic carbocycles. The number of fused-ring (bicyclic) bond motifs is 2. The van der Waals surface area contributed by atoms with Crippen molar-refractivity contribution in [3.63, 3.8) is 0 Å². The number of anilines is 1. The number of nitrogens with zero attached hydrogens (tertiary/aromatic N) is 3. The maximum Gasteiger partial charge on any atom is 0.268 e. The van der Waals surface area contributed by atoms with Gasteiger partial charge in [-0.25, -0.2) is 0 Å². The van der Waals surface area contributed by atoms with Crippen LogP contribution in [-0.2, 0) is 19.6 Å². The van der Waals surface area contributed by atoms with Gasteiger partial charge in [0.1, 0.15) is 5.69 Å². The van der Waals surface area contributed by atoms with Gasteiger partial charge in [0.05, 0.1) is 23.1 Å². The molecule has 0 radical (unpaired) electrons. The molecular weight excluding hydrogens is 471 g/mol. The number of rotatable bonds is 4. The monoisotopic (exact) mass is 490 g/mol. The predicted octanol–water partition coefficient (Wildman–Crippen LogP) is 5.33. The summed E-state index contributed by atoms with van der Waals surface area (Å²) in [6.07, 6.45) is 3.42. The minimum atomic E-state index is -0.191. The predicted molar refractivity (Wildman–Crippen MR) is 132 cm³/mol. The van der Waals surface area contributed by atoms with Crippen molar-refractivity contribution in [3.8, 4) is 0 Å². The lowest BCUT2D eigenvalue weighted by molar-refractivity contribution is 0.0941. The van der Waals surface area contributed by atoms with E-state index in [2.05, 4.69) is 10.3 Å². The Morgan fingerprint density at radius 1 is 0.941 bits per heavy atom. The standard InChI is InChI=1S/C26H20Cl2N4O2/c27-21-9-7-18(12-22(21)28)26(34)32-16-20-8-10-24(25(33)30-14-17-4-3-11-29-13-17)31(20)15-19-5-1-2-6-23(19)32/h1-13H,14-16H2,(H,30,33). The number of carbonyl (C=O) groups excluding carboxylic acids is 2. The number of benzene rings is 2. The Hall–Kier alpha value is -3.61. The zero-order chi connectivity index (χ0) is 23.7. The van der Waals surface area contributed by atoms with Gasteiger partial charge >= 0.3 is 0 Å². The van der Waals surface area contributed by atoms with Gasteiger partial charge in [-0.2, -0.15) is 0 Å². The SMILES string of the molecule is O=C(NCc1cccnc1)c1ccc2n1Cc1ccccc1N(C(=O)c1ccc(Cl)c(Cl)c1)C2. The summed E-state index contributed by atoms with van der Waals surface area (Å²) in [5, 5.41) is 3.68. The zero-order valence-electron chi connectivity index (χ0n) is 18.0. The summed E-state index contributed by atoms with van der Waals surface area (Å²) in [6, 6.07) is 20.0. The van der Waals surface area contributed by atoms with E-state index in [0.29, 0.717) is 40.9 Å². The van der Waals surface area contributed by atoms with E-state index < -0.39 is 0 Å². The Bertz CT molecular complexity index is 1380. The van der Waals surface area contributed by atoms with E-state index in [1.165, 1.54) is 0 Å². The number of aromatic nitrogens is 2. The Labute approximate surface area is 206 Å². The molecule has 34 heavy (non-hydrogen) atoms. The fraction of sp³-hybridized carbons (Fsp3) is 0.115. The lowest BCUT2D eigenvalue weighted by Crippen LogP contribution is -2.30. The third-order valence-corrected chi connectivity index (χ3v) is 6.56. The molecule has 2 amide bonds. The molecule has 0 unspecified atom stereocenters. The Morgan fingerprint density at radius 2 is 1.79 bits per heavy atom. The van der Waals surface area contributed by atoms with E-state index in [4.69, 9.17) is 23.2 Å². The van der Waals surface area contributed by atoms with Crippen LogP contribution in [0.3, 0.4) is 0 Å². The zero-order valence-corrected chi connectivity index (χ0v) is 19.6. The fourth-order valence-corrected chi connectivity index (χ4v) is 4.40. The number of pyridine rings is 1. The van der Waals surface area contributed by atoms with Crippen LogP contribution in [-0.4, -0.2) is 21.4 Å². The normalized spacial score (nSPS) is 12.5. The molecule has 8 heteroatoms. The molecule has 5 rings (SSSR count). The van der Waals surface area contributed by atoms with Crippen LogP contribution in [0.4, 0.5) is 5.69 Å². The number of hydrogen-bond donors (Lipinski definition) is 1. The molecule has 0 atom stereocenters. The first kappa shape index (κ1) is 22.2. The van der Waals surface area contributed by atoms with Crippen LogP contribution in [0.15, 0.2) is 79.1 Å². The molecule has 4 aromatic rings. The molecule has 3 heterocycles. The molecule has 6 nitrogen and oxygen atoms in total. The second-order valence-electron chi connectivity index (χ2n) is 7.99. The highest BCUT2D eigenvalue weighted by atomic mass is 35.5. The number of para-hydroxylation sites is 1. The summed E-state index contributed by atoms with van der Waals surface area (Å²) in [7, 11) is 0. The summed E-state index contributed by atoms with van der Waals surface area (Å²) < 4.78 is 1.96. The Balaban J connectivity index is 1.47. The molecule has 2 aromatic heterocycles. The number of hydrogen-bond acceptors (Lipinski definition) is 3. The largest absolute Gasteiger partial charge is 0.347 e. The lowest BCUT2D eigenvalue weighted by atomic mass is 10.1. The van der Waals surface area contributed by atoms with Crippen LogP contribution in [0.25, 0.3) is 0 Å². The van der Waals surface area contributed by atoms with Crippen LogP contribution in [0, 0.1) is 0 Å². The van der Waals surface area contributed by atoms with Crippen LogP contribution in [0.2, 0.25) is 10.0 Å². The molecule has 0 aliphatic carbocycles. The third-order valence-electron chi connectivity index (χ3n) is 5.82. The molecule has 1 aliphatic rings. The summed E-state index contributed by atoms with van der Waals surface area (Å²) in [5.41, 5.74) is 4.49. The van der Waals surface area contributed by atoms with Crippen LogP contribution < -0.4 is 10.2 Å². The van der Waals surface area contributed by atoms with Crippen molar-refractivity contribution in [2.24, 2.45) is 0 Å². The minimum absolute atomic E-state index is 0.183. The second kappa shape index (κ2) is 9.33. The lowest BCUT2D eigenvalue weighted by Gasteiger charge is -2.23. The molecular formula is C26H20Cl2N4O2. The van der Waals surface area contributed by atoms with Gasteiger partial charge in [0, 0.05) is 35.9 Å². The smallest absolute Gasteiger partial charge is 0.268 e. The fourth-order valence-electron chi connectivity index (χ4n) is 4.10. The van der Waals surface area contributed by atoms with Crippen LogP contribution in [0.5, 0.6) is 0 Å². The number of carbonyl (C=O) groups is 2. The summed E-state index contributed by atoms with van der Waals surface area (Å²) in [6.45, 7) is 1.16. The van der Waals surface area contributed by atoms with Gasteiger partial charge in [-0.05, 0) is 53.6 Å². The van der Waals surface area contributed by atoms with Gasteiger partial charge in [0.15, 0.2) is 0 Å². The Morgan fingerprint density at radius 3 is 2.59 bits per heavy atom. The molecule has 0 fully saturated rings. The van der Waals surface area contributed by atoms with Crippen molar-refractivity contribution < 1.29 is 9.59 Å². The van der Waals surface area contributed by atoms with Gasteiger partial charge in [0.25, 0.3) is 11.8 Å². The van der Waals surface area contributed by atoms with E-state index in [1.807, 2.05) is 47.0 Å². The number of amides is 2. The minimum Gasteiger partial charge on any atom is -0.347 e. The van der Waals surface area contributed by atoms with Crippen molar-refractivity contribution in [3.05, 3.63) is 117 Å². The first-order valence-corrected chi connectivity index (χ1v) is 11.5. The second-order valence-corrected chi connectivity index (χ2v) is 8.80. The van der Waals surface area contributed by atoms with Gasteiger partial charge in [-0.1, -0.05) is 47.5 Å². The highest BCUT2D eigenvalue weighted by Gasteiger charge is 2.27. The quantitative estimate of drug-likeness (QED) is 0.420. The summed E-state index contributed by atoms with van der Waals surface area (Å²) in [5.74, 6) is -0.375. The van der Waals surface area contributed by atoms with E-state index in [0.717, 1.165) is 22.5 Å². The first-order chi connectivity index (χ1) is 16.5. The van der Waals surface area contributed by atoms with Crippen LogP contribution in [0.1, 0.15) is 37.7 Å². The summed E-state index contributed by atoms with van der Waals surface area (Å²) >= 11 is 12.2. The topological polar surface area (TPSA) is 67.2 Å². The maximum absolute atomic E-state index is 13.5. The van der Waals surface area contributed by atoms with Crippen molar-refractivity contribution in [1.29, 1.82) is 0 Å². The molecule has 1 N–H and O–H groups in total. The summed E-state index contributed by atoms with van der Waals surface area (Å²) in [4.78, 5) is 32.3. The van der Waals surface area contributed by atoms with Gasteiger partial charge in [-0.3, -0.25) is 14.6 Å². The molecule has 0 saturated carbocycles. The molecule has 0 spiro atoms. The van der Waals surface area contributed by atoms with Crippen molar-refractivity contribution in [2.45, 2.75) is 19.6 Å². The Kier molecular flexibility index (Phi) is 6.09. The van der Waals surface area contributed by atoms with Crippen molar-refractivity contribution in [2.75, 3.05) is 4.90 Å². The average Bonchev–Trinajstić information content (AvgIpc) is 3.17. The molecule has 170 valence electrons. The number of nitrogens with one attached hydrogen (secondary N) is 1. The molecule has 0 saturated heterocycles.